The quantitative estimate of drug-likeness (QED) is 0.677. The van der Waals surface area contributed by atoms with E-state index in [9.17, 15) is 0 Å². The summed E-state index contributed by atoms with van der Waals surface area (Å²) in [5.74, 6) is 1.81. The van der Waals surface area contributed by atoms with Gasteiger partial charge in [0, 0.05) is 19.5 Å². The Hall–Kier alpha value is -0.900. The molecule has 1 aromatic heterocycles. The summed E-state index contributed by atoms with van der Waals surface area (Å²) in [7, 11) is 1.98. The molecule has 4 nitrogen and oxygen atoms in total. The summed E-state index contributed by atoms with van der Waals surface area (Å²) in [6.07, 6.45) is 5.07. The number of hydrogen-bond acceptors (Lipinski definition) is 3. The Kier molecular flexibility index (Phi) is 1.84. The smallest absolute Gasteiger partial charge is 0.132 e. The lowest BCUT2D eigenvalue weighted by Crippen LogP contribution is -2.37. The van der Waals surface area contributed by atoms with Gasteiger partial charge in [-0.2, -0.15) is 0 Å². The summed E-state index contributed by atoms with van der Waals surface area (Å²) in [5.41, 5.74) is 5.69. The van der Waals surface area contributed by atoms with Crippen LogP contribution in [0.3, 0.4) is 0 Å². The first-order chi connectivity index (χ1) is 5.75. The van der Waals surface area contributed by atoms with Gasteiger partial charge in [-0.05, 0) is 18.8 Å². The van der Waals surface area contributed by atoms with E-state index in [1.165, 1.54) is 0 Å². The molecule has 0 aromatic carbocycles. The Morgan fingerprint density at radius 3 is 2.92 bits per heavy atom. The molecule has 0 atom stereocenters. The van der Waals surface area contributed by atoms with Crippen molar-refractivity contribution in [3.05, 3.63) is 12.2 Å². The molecule has 66 valence electrons. The van der Waals surface area contributed by atoms with Gasteiger partial charge in [0.1, 0.15) is 12.2 Å². The maximum atomic E-state index is 5.69. The standard InChI is InChI=1S/C8H14N4/c1-12-5-10-11-8(12)4-6-2-7(9)3-6/h5-7H,2-4,9H2,1H3. The minimum absolute atomic E-state index is 0.434. The number of nitrogens with zero attached hydrogens (tertiary/aromatic N) is 3. The molecule has 1 aliphatic rings. The Bertz CT molecular complexity index is 262. The molecule has 0 aliphatic heterocycles. The van der Waals surface area contributed by atoms with Crippen LogP contribution < -0.4 is 5.73 Å². The Morgan fingerprint density at radius 2 is 2.42 bits per heavy atom. The van der Waals surface area contributed by atoms with E-state index in [1.807, 2.05) is 11.6 Å². The molecule has 0 unspecified atom stereocenters. The van der Waals surface area contributed by atoms with Crippen molar-refractivity contribution in [1.29, 1.82) is 0 Å². The highest BCUT2D eigenvalue weighted by molar-refractivity contribution is 4.93. The van der Waals surface area contributed by atoms with Gasteiger partial charge in [0.2, 0.25) is 0 Å². The molecule has 1 fully saturated rings. The van der Waals surface area contributed by atoms with Crippen molar-refractivity contribution in [3.8, 4) is 0 Å². The molecule has 0 spiro atoms. The fourth-order valence-corrected chi connectivity index (χ4v) is 1.70. The lowest BCUT2D eigenvalue weighted by molar-refractivity contribution is 0.259. The van der Waals surface area contributed by atoms with Gasteiger partial charge in [-0.1, -0.05) is 0 Å². The summed E-state index contributed by atoms with van der Waals surface area (Å²) in [6, 6.07) is 0.434. The molecule has 1 aliphatic carbocycles. The van der Waals surface area contributed by atoms with Gasteiger partial charge in [0.25, 0.3) is 0 Å². The predicted octanol–water partition coefficient (Wildman–Crippen LogP) is 0.0949. The second-order valence-electron chi connectivity index (χ2n) is 3.66. The Morgan fingerprint density at radius 1 is 1.67 bits per heavy atom. The van der Waals surface area contributed by atoms with Crippen LogP contribution in [0.1, 0.15) is 18.7 Å². The van der Waals surface area contributed by atoms with Crippen LogP contribution in [0.15, 0.2) is 6.33 Å². The lowest BCUT2D eigenvalue weighted by atomic mass is 9.79. The van der Waals surface area contributed by atoms with E-state index in [4.69, 9.17) is 5.73 Å². The molecule has 0 bridgehead atoms. The van der Waals surface area contributed by atoms with Crippen molar-refractivity contribution >= 4 is 0 Å². The van der Waals surface area contributed by atoms with Crippen LogP contribution in [-0.2, 0) is 13.5 Å². The molecule has 1 saturated carbocycles. The maximum absolute atomic E-state index is 5.69. The van der Waals surface area contributed by atoms with Gasteiger partial charge < -0.3 is 10.3 Å². The summed E-state index contributed by atoms with van der Waals surface area (Å²) in [5, 5.41) is 7.87. The summed E-state index contributed by atoms with van der Waals surface area (Å²) >= 11 is 0. The Balaban J connectivity index is 1.92. The van der Waals surface area contributed by atoms with Gasteiger partial charge in [-0.25, -0.2) is 0 Å². The molecule has 1 heterocycles. The third kappa shape index (κ3) is 1.34. The zero-order valence-electron chi connectivity index (χ0n) is 7.27. The fraction of sp³-hybridized carbons (Fsp3) is 0.750. The van der Waals surface area contributed by atoms with Gasteiger partial charge in [0.05, 0.1) is 0 Å². The average Bonchev–Trinajstić information content (AvgIpc) is 2.33. The first-order valence-corrected chi connectivity index (χ1v) is 4.34. The first-order valence-electron chi connectivity index (χ1n) is 4.34. The zero-order chi connectivity index (χ0) is 8.55. The van der Waals surface area contributed by atoms with Crippen LogP contribution in [0.4, 0.5) is 0 Å². The third-order valence-corrected chi connectivity index (χ3v) is 2.55. The van der Waals surface area contributed by atoms with Gasteiger partial charge in [0.15, 0.2) is 0 Å². The van der Waals surface area contributed by atoms with Gasteiger partial charge in [-0.3, -0.25) is 0 Å². The average molecular weight is 166 g/mol. The largest absolute Gasteiger partial charge is 0.328 e. The maximum Gasteiger partial charge on any atom is 0.132 e. The van der Waals surface area contributed by atoms with Crippen LogP contribution in [0.2, 0.25) is 0 Å². The van der Waals surface area contributed by atoms with Gasteiger partial charge >= 0.3 is 0 Å². The molecule has 12 heavy (non-hydrogen) atoms. The van der Waals surface area contributed by atoms with E-state index >= 15 is 0 Å². The van der Waals surface area contributed by atoms with Crippen molar-refractivity contribution < 1.29 is 0 Å². The molecular weight excluding hydrogens is 152 g/mol. The molecule has 2 rings (SSSR count). The molecule has 2 N–H and O–H groups in total. The molecular formula is C8H14N4. The highest BCUT2D eigenvalue weighted by Gasteiger charge is 2.26. The minimum Gasteiger partial charge on any atom is -0.328 e. The van der Waals surface area contributed by atoms with E-state index in [-0.39, 0.29) is 0 Å². The lowest BCUT2D eigenvalue weighted by Gasteiger charge is -2.31. The highest BCUT2D eigenvalue weighted by atomic mass is 15.2. The first kappa shape index (κ1) is 7.73. The van der Waals surface area contributed by atoms with Crippen molar-refractivity contribution in [2.24, 2.45) is 18.7 Å². The van der Waals surface area contributed by atoms with E-state index < -0.39 is 0 Å². The Labute approximate surface area is 71.8 Å². The minimum atomic E-state index is 0.434. The number of nitrogens with two attached hydrogens (primary N) is 1. The number of aryl methyl sites for hydroxylation is 1. The van der Waals surface area contributed by atoms with Gasteiger partial charge in [-0.15, -0.1) is 10.2 Å². The monoisotopic (exact) mass is 166 g/mol. The van der Waals surface area contributed by atoms with Crippen LogP contribution in [0, 0.1) is 5.92 Å². The molecule has 4 heteroatoms. The van der Waals surface area contributed by atoms with E-state index in [0.29, 0.717) is 6.04 Å². The van der Waals surface area contributed by atoms with E-state index in [0.717, 1.165) is 31.0 Å². The van der Waals surface area contributed by atoms with Crippen LogP contribution >= 0.6 is 0 Å². The summed E-state index contributed by atoms with van der Waals surface area (Å²) < 4.78 is 1.98. The number of aromatic nitrogens is 3. The molecule has 0 amide bonds. The molecule has 0 radical (unpaired) electrons. The summed E-state index contributed by atoms with van der Waals surface area (Å²) in [4.78, 5) is 0. The predicted molar refractivity (Wildman–Crippen MR) is 45.4 cm³/mol. The summed E-state index contributed by atoms with van der Waals surface area (Å²) in [6.45, 7) is 0. The third-order valence-electron chi connectivity index (χ3n) is 2.55. The number of rotatable bonds is 2. The zero-order valence-corrected chi connectivity index (χ0v) is 7.27. The van der Waals surface area contributed by atoms with Crippen molar-refractivity contribution in [1.82, 2.24) is 14.8 Å². The molecule has 0 saturated heterocycles. The van der Waals surface area contributed by atoms with E-state index in [1.54, 1.807) is 6.33 Å². The topological polar surface area (TPSA) is 56.7 Å². The van der Waals surface area contributed by atoms with Crippen molar-refractivity contribution in [2.75, 3.05) is 0 Å². The van der Waals surface area contributed by atoms with Crippen molar-refractivity contribution in [3.63, 3.8) is 0 Å². The normalized spacial score (nSPS) is 28.5. The van der Waals surface area contributed by atoms with Crippen LogP contribution in [0.5, 0.6) is 0 Å². The second-order valence-corrected chi connectivity index (χ2v) is 3.66. The fourth-order valence-electron chi connectivity index (χ4n) is 1.70. The SMILES string of the molecule is Cn1cnnc1CC1CC(N)C1. The van der Waals surface area contributed by atoms with E-state index in [2.05, 4.69) is 10.2 Å². The second kappa shape index (κ2) is 2.86. The highest BCUT2D eigenvalue weighted by Crippen LogP contribution is 2.28. The van der Waals surface area contributed by atoms with Crippen LogP contribution in [0.25, 0.3) is 0 Å². The molecule has 1 aromatic rings. The number of hydrogen-bond donors (Lipinski definition) is 1. The van der Waals surface area contributed by atoms with Crippen LogP contribution in [-0.4, -0.2) is 20.8 Å². The van der Waals surface area contributed by atoms with Crippen molar-refractivity contribution in [2.45, 2.75) is 25.3 Å².